The Hall–Kier alpha value is -1.91. The minimum atomic E-state index is -3.92. The highest BCUT2D eigenvalue weighted by Gasteiger charge is 1.95. The van der Waals surface area contributed by atoms with E-state index in [2.05, 4.69) is 60.7 Å². The van der Waals surface area contributed by atoms with E-state index in [0.717, 1.165) is 0 Å². The first-order chi connectivity index (χ1) is 10.9. The average Bonchev–Trinajstić information content (AvgIpc) is 2.55. The monoisotopic (exact) mass is 333 g/mol. The van der Waals surface area contributed by atoms with Crippen LogP contribution in [-0.2, 0) is 10.1 Å². The van der Waals surface area contributed by atoms with Crippen molar-refractivity contribution >= 4 is 31.7 Å². The zero-order valence-corrected chi connectivity index (χ0v) is 15.2. The Labute approximate surface area is 139 Å². The number of hydrogen-bond acceptors (Lipinski definition) is 3. The van der Waals surface area contributed by atoms with Crippen molar-refractivity contribution in [3.05, 3.63) is 60.7 Å². The predicted molar refractivity (Wildman–Crippen MR) is 99.8 cm³/mol. The van der Waals surface area contributed by atoms with Crippen LogP contribution in [0.4, 0.5) is 0 Å². The van der Waals surface area contributed by atoms with Gasteiger partial charge in [0.25, 0.3) is 0 Å². The summed E-state index contributed by atoms with van der Waals surface area (Å²) in [5.41, 5.74) is 0. The Kier molecular flexibility index (Phi) is 9.86. The van der Waals surface area contributed by atoms with Crippen molar-refractivity contribution in [1.29, 1.82) is 0 Å². The Morgan fingerprint density at radius 3 is 1.00 bits per heavy atom. The van der Waals surface area contributed by atoms with Gasteiger partial charge in [-0.05, 0) is 33.7 Å². The van der Waals surface area contributed by atoms with E-state index in [1.807, 2.05) is 27.7 Å². The molecule has 0 amide bonds. The second-order valence-corrected chi connectivity index (χ2v) is 5.66. The first-order valence-corrected chi connectivity index (χ1v) is 9.53. The molecule has 4 heteroatoms. The summed E-state index contributed by atoms with van der Waals surface area (Å²) >= 11 is 0. The summed E-state index contributed by atoms with van der Waals surface area (Å²) in [5.74, 6) is 0. The van der Waals surface area contributed by atoms with Gasteiger partial charge in [0.05, 0.1) is 10.1 Å². The lowest BCUT2D eigenvalue weighted by Gasteiger charge is -2.00. The Bertz CT molecular complexity index is 696. The van der Waals surface area contributed by atoms with Gasteiger partial charge in [0.2, 0.25) is 0 Å². The normalized spacial score (nSPS) is 9.65. The molecule has 23 heavy (non-hydrogen) atoms. The van der Waals surface area contributed by atoms with Crippen molar-refractivity contribution in [3.8, 4) is 0 Å². The van der Waals surface area contributed by atoms with E-state index in [9.17, 15) is 0 Å². The molecule has 0 saturated carbocycles. The van der Waals surface area contributed by atoms with Gasteiger partial charge in [0.15, 0.2) is 0 Å². The van der Waals surface area contributed by atoms with Gasteiger partial charge in [-0.15, -0.1) is 0 Å². The van der Waals surface area contributed by atoms with Crippen LogP contribution >= 0.6 is 0 Å². The fraction of sp³-hybridized carbons (Fsp3) is 0.263. The molecule has 0 bridgehead atoms. The Balaban J connectivity index is 0.000000461. The lowest BCUT2D eigenvalue weighted by molar-refractivity contribution is 0.470. The van der Waals surface area contributed by atoms with Crippen LogP contribution in [0.5, 0.6) is 0 Å². The standard InChI is InChI=1S/C14H10.2C2H6.CH4O3S/c1-2-6-12-10-14-8-4-3-7-13(14)9-11(12)5-1;2*1-2;1-5(2,3)4/h1-10H;2*1-2H3;1H3,(H,2,3,4)/p-1. The Morgan fingerprint density at radius 1 is 0.652 bits per heavy atom. The maximum absolute atomic E-state index is 9.08. The minimum Gasteiger partial charge on any atom is -0.748 e. The quantitative estimate of drug-likeness (QED) is 0.419. The molecule has 3 aromatic rings. The number of hydrogen-bond donors (Lipinski definition) is 0. The lowest BCUT2D eigenvalue weighted by Crippen LogP contribution is -1.88. The van der Waals surface area contributed by atoms with Crippen LogP contribution in [0.3, 0.4) is 0 Å². The van der Waals surface area contributed by atoms with Crippen molar-refractivity contribution < 1.29 is 13.0 Å². The maximum Gasteiger partial charge on any atom is 0.0916 e. The van der Waals surface area contributed by atoms with Crippen molar-refractivity contribution in [1.82, 2.24) is 0 Å². The van der Waals surface area contributed by atoms with E-state index in [1.165, 1.54) is 21.5 Å². The van der Waals surface area contributed by atoms with Gasteiger partial charge in [-0.1, -0.05) is 76.2 Å². The molecule has 0 radical (unpaired) electrons. The summed E-state index contributed by atoms with van der Waals surface area (Å²) in [6, 6.07) is 21.4. The molecule has 0 aromatic heterocycles. The van der Waals surface area contributed by atoms with Gasteiger partial charge < -0.3 is 4.55 Å². The molecule has 0 aliphatic carbocycles. The van der Waals surface area contributed by atoms with Crippen molar-refractivity contribution in [2.45, 2.75) is 27.7 Å². The molecule has 0 atom stereocenters. The SMILES string of the molecule is CC.CC.CS(=O)(=O)[O-].c1ccc2cc3ccccc3cc2c1. The topological polar surface area (TPSA) is 57.2 Å². The van der Waals surface area contributed by atoms with Crippen molar-refractivity contribution in [3.63, 3.8) is 0 Å². The highest BCUT2D eigenvalue weighted by Crippen LogP contribution is 2.21. The van der Waals surface area contributed by atoms with Crippen LogP contribution in [-0.4, -0.2) is 19.2 Å². The highest BCUT2D eigenvalue weighted by atomic mass is 32.2. The van der Waals surface area contributed by atoms with Crippen LogP contribution in [0, 0.1) is 0 Å². The van der Waals surface area contributed by atoms with Gasteiger partial charge in [0.1, 0.15) is 0 Å². The van der Waals surface area contributed by atoms with Gasteiger partial charge in [0, 0.05) is 6.26 Å². The second-order valence-electron chi connectivity index (χ2n) is 4.25. The number of rotatable bonds is 0. The molecule has 0 heterocycles. The molecule has 0 fully saturated rings. The van der Waals surface area contributed by atoms with Crippen LogP contribution in [0.1, 0.15) is 27.7 Å². The smallest absolute Gasteiger partial charge is 0.0916 e. The molecular formula is C19H25O3S-. The summed E-state index contributed by atoms with van der Waals surface area (Å²) in [4.78, 5) is 0. The van der Waals surface area contributed by atoms with E-state index < -0.39 is 10.1 Å². The molecule has 0 N–H and O–H groups in total. The molecule has 3 rings (SSSR count). The summed E-state index contributed by atoms with van der Waals surface area (Å²) < 4.78 is 27.2. The van der Waals surface area contributed by atoms with E-state index in [1.54, 1.807) is 0 Å². The van der Waals surface area contributed by atoms with E-state index in [4.69, 9.17) is 13.0 Å². The fourth-order valence-electron chi connectivity index (χ4n) is 1.88. The molecule has 126 valence electrons. The molecule has 0 unspecified atom stereocenters. The van der Waals surface area contributed by atoms with Crippen LogP contribution < -0.4 is 0 Å². The average molecular weight is 333 g/mol. The van der Waals surface area contributed by atoms with E-state index >= 15 is 0 Å². The van der Waals surface area contributed by atoms with Crippen molar-refractivity contribution in [2.24, 2.45) is 0 Å². The van der Waals surface area contributed by atoms with Crippen LogP contribution in [0.2, 0.25) is 0 Å². The minimum absolute atomic E-state index is 0.604. The van der Waals surface area contributed by atoms with Gasteiger partial charge in [-0.2, -0.15) is 0 Å². The first-order valence-electron chi connectivity index (χ1n) is 7.72. The third-order valence-corrected chi connectivity index (χ3v) is 2.61. The molecule has 0 spiro atoms. The summed E-state index contributed by atoms with van der Waals surface area (Å²) in [7, 11) is -3.92. The molecule has 3 aromatic carbocycles. The zero-order valence-electron chi connectivity index (χ0n) is 14.4. The molecule has 0 aliphatic rings. The van der Waals surface area contributed by atoms with E-state index in [-0.39, 0.29) is 0 Å². The van der Waals surface area contributed by atoms with Crippen molar-refractivity contribution in [2.75, 3.05) is 6.26 Å². The van der Waals surface area contributed by atoms with Gasteiger partial charge in [-0.3, -0.25) is 0 Å². The number of benzene rings is 3. The van der Waals surface area contributed by atoms with E-state index in [0.29, 0.717) is 6.26 Å². The summed E-state index contributed by atoms with van der Waals surface area (Å²) in [5, 5.41) is 5.25. The third kappa shape index (κ3) is 8.33. The summed E-state index contributed by atoms with van der Waals surface area (Å²) in [6.45, 7) is 8.00. The molecular weight excluding hydrogens is 308 g/mol. The fourth-order valence-corrected chi connectivity index (χ4v) is 1.88. The largest absolute Gasteiger partial charge is 0.748 e. The molecule has 0 saturated heterocycles. The predicted octanol–water partition coefficient (Wildman–Crippen LogP) is 5.21. The molecule has 3 nitrogen and oxygen atoms in total. The highest BCUT2D eigenvalue weighted by molar-refractivity contribution is 7.84. The van der Waals surface area contributed by atoms with Crippen LogP contribution in [0.15, 0.2) is 60.7 Å². The number of fused-ring (bicyclic) bond motifs is 2. The van der Waals surface area contributed by atoms with Gasteiger partial charge in [-0.25, -0.2) is 8.42 Å². The lowest BCUT2D eigenvalue weighted by atomic mass is 10.0. The molecule has 0 aliphatic heterocycles. The van der Waals surface area contributed by atoms with Crippen LogP contribution in [0.25, 0.3) is 21.5 Å². The third-order valence-electron chi connectivity index (χ3n) is 2.61. The summed E-state index contributed by atoms with van der Waals surface area (Å²) in [6.07, 6.45) is 0.604. The Morgan fingerprint density at radius 2 is 0.826 bits per heavy atom. The maximum atomic E-state index is 9.08. The van der Waals surface area contributed by atoms with Gasteiger partial charge >= 0.3 is 0 Å². The zero-order chi connectivity index (χ0) is 17.9. The second kappa shape index (κ2) is 10.8. The first kappa shape index (κ1) is 21.1.